The van der Waals surface area contributed by atoms with Gasteiger partial charge in [0.05, 0.1) is 6.61 Å². The van der Waals surface area contributed by atoms with E-state index < -0.39 is 8.80 Å². The molecule has 2 rings (SSSR count). The van der Waals surface area contributed by atoms with E-state index >= 15 is 0 Å². The van der Waals surface area contributed by atoms with Gasteiger partial charge < -0.3 is 13.3 Å². The normalized spacial score (nSPS) is 11.9. The van der Waals surface area contributed by atoms with Crippen molar-refractivity contribution in [3.63, 3.8) is 0 Å². The van der Waals surface area contributed by atoms with E-state index in [0.717, 1.165) is 5.56 Å². The molecule has 0 aliphatic carbocycles. The molecule has 0 aliphatic heterocycles. The molecule has 18 heavy (non-hydrogen) atoms. The lowest BCUT2D eigenvalue weighted by atomic mass is 10.1. The third-order valence-electron chi connectivity index (χ3n) is 3.11. The standard InChI is InChI=1S/C14H18O3Si/c1-15-18(3,16-2)17-11-13-9-6-8-12-7-4-5-10-14(12)13/h4-10H,11H2,1-3H3. The number of benzene rings is 2. The van der Waals surface area contributed by atoms with Crippen LogP contribution in [0.25, 0.3) is 10.8 Å². The molecule has 96 valence electrons. The van der Waals surface area contributed by atoms with Gasteiger partial charge in [0, 0.05) is 20.8 Å². The Kier molecular flexibility index (Phi) is 4.14. The molecule has 2 aromatic carbocycles. The van der Waals surface area contributed by atoms with Gasteiger partial charge in [0.15, 0.2) is 0 Å². The molecule has 2 aromatic rings. The van der Waals surface area contributed by atoms with Gasteiger partial charge in [-0.3, -0.25) is 0 Å². The Balaban J connectivity index is 2.22. The number of fused-ring (bicyclic) bond motifs is 1. The molecule has 0 spiro atoms. The topological polar surface area (TPSA) is 27.7 Å². The Morgan fingerprint density at radius 2 is 1.61 bits per heavy atom. The fourth-order valence-electron chi connectivity index (χ4n) is 1.83. The maximum atomic E-state index is 5.82. The van der Waals surface area contributed by atoms with Crippen LogP contribution in [0, 0.1) is 0 Å². The monoisotopic (exact) mass is 262 g/mol. The van der Waals surface area contributed by atoms with Crippen molar-refractivity contribution >= 4 is 19.6 Å². The minimum atomic E-state index is -2.47. The van der Waals surface area contributed by atoms with Crippen molar-refractivity contribution < 1.29 is 13.3 Å². The Bertz CT molecular complexity index is 518. The Morgan fingerprint density at radius 3 is 2.33 bits per heavy atom. The van der Waals surface area contributed by atoms with Crippen molar-refractivity contribution in [3.05, 3.63) is 48.0 Å². The zero-order valence-electron chi connectivity index (χ0n) is 11.0. The summed E-state index contributed by atoms with van der Waals surface area (Å²) in [5.74, 6) is 0. The van der Waals surface area contributed by atoms with Crippen LogP contribution in [0.2, 0.25) is 6.55 Å². The third-order valence-corrected chi connectivity index (χ3v) is 5.26. The summed E-state index contributed by atoms with van der Waals surface area (Å²) >= 11 is 0. The zero-order valence-corrected chi connectivity index (χ0v) is 12.0. The van der Waals surface area contributed by atoms with E-state index in [1.807, 2.05) is 24.7 Å². The molecule has 3 nitrogen and oxygen atoms in total. The summed E-state index contributed by atoms with van der Waals surface area (Å²) in [6, 6.07) is 14.5. The summed E-state index contributed by atoms with van der Waals surface area (Å²) in [6.07, 6.45) is 0. The second-order valence-electron chi connectivity index (χ2n) is 4.20. The summed E-state index contributed by atoms with van der Waals surface area (Å²) in [5.41, 5.74) is 1.15. The van der Waals surface area contributed by atoms with Crippen molar-refractivity contribution in [3.8, 4) is 0 Å². The first-order chi connectivity index (χ1) is 8.68. The smallest absolute Gasteiger partial charge is 0.377 e. The van der Waals surface area contributed by atoms with E-state index in [1.54, 1.807) is 14.2 Å². The molecule has 0 atom stereocenters. The lowest BCUT2D eigenvalue weighted by Gasteiger charge is -2.22. The highest BCUT2D eigenvalue weighted by atomic mass is 28.4. The Morgan fingerprint density at radius 1 is 0.944 bits per heavy atom. The van der Waals surface area contributed by atoms with E-state index in [-0.39, 0.29) is 0 Å². The number of hydrogen-bond donors (Lipinski definition) is 0. The van der Waals surface area contributed by atoms with Crippen LogP contribution in [0.3, 0.4) is 0 Å². The highest BCUT2D eigenvalue weighted by Gasteiger charge is 2.31. The van der Waals surface area contributed by atoms with E-state index in [9.17, 15) is 0 Å². The van der Waals surface area contributed by atoms with Gasteiger partial charge in [-0.1, -0.05) is 42.5 Å². The average molecular weight is 262 g/mol. The van der Waals surface area contributed by atoms with Crippen molar-refractivity contribution in [2.45, 2.75) is 13.2 Å². The third kappa shape index (κ3) is 2.79. The number of rotatable bonds is 5. The van der Waals surface area contributed by atoms with E-state index in [2.05, 4.69) is 24.3 Å². The van der Waals surface area contributed by atoms with Crippen LogP contribution in [0.4, 0.5) is 0 Å². The maximum Gasteiger partial charge on any atom is 0.497 e. The molecule has 0 amide bonds. The maximum absolute atomic E-state index is 5.82. The van der Waals surface area contributed by atoms with Crippen molar-refractivity contribution in [2.75, 3.05) is 14.2 Å². The molecule has 0 radical (unpaired) electrons. The second kappa shape index (κ2) is 5.62. The summed E-state index contributed by atoms with van der Waals surface area (Å²) in [7, 11) is 0.780. The first-order valence-corrected chi connectivity index (χ1v) is 8.12. The lowest BCUT2D eigenvalue weighted by molar-refractivity contribution is 0.0991. The lowest BCUT2D eigenvalue weighted by Crippen LogP contribution is -2.39. The van der Waals surface area contributed by atoms with Crippen LogP contribution in [0.5, 0.6) is 0 Å². The van der Waals surface area contributed by atoms with Crippen molar-refractivity contribution in [1.29, 1.82) is 0 Å². The minimum Gasteiger partial charge on any atom is -0.377 e. The van der Waals surface area contributed by atoms with Crippen LogP contribution in [0.1, 0.15) is 5.56 Å². The van der Waals surface area contributed by atoms with Gasteiger partial charge >= 0.3 is 8.80 Å². The predicted octanol–water partition coefficient (Wildman–Crippen LogP) is 3.22. The highest BCUT2D eigenvalue weighted by Crippen LogP contribution is 2.20. The Labute approximate surface area is 109 Å². The molecule has 0 aliphatic rings. The molecule has 0 heterocycles. The molecular weight excluding hydrogens is 244 g/mol. The first-order valence-electron chi connectivity index (χ1n) is 5.89. The SMILES string of the molecule is CO[Si](C)(OC)OCc1cccc2ccccc12. The molecule has 4 heteroatoms. The fraction of sp³-hybridized carbons (Fsp3) is 0.286. The number of hydrogen-bond acceptors (Lipinski definition) is 3. The van der Waals surface area contributed by atoms with Crippen LogP contribution >= 0.6 is 0 Å². The molecule has 0 saturated carbocycles. The van der Waals surface area contributed by atoms with Gasteiger partial charge in [0.1, 0.15) is 0 Å². The molecule has 0 fully saturated rings. The second-order valence-corrected chi connectivity index (χ2v) is 7.03. The summed E-state index contributed by atoms with van der Waals surface area (Å²) < 4.78 is 16.4. The van der Waals surface area contributed by atoms with Gasteiger partial charge in [-0.2, -0.15) is 0 Å². The van der Waals surface area contributed by atoms with E-state index in [0.29, 0.717) is 6.61 Å². The molecule has 0 saturated heterocycles. The van der Waals surface area contributed by atoms with E-state index in [4.69, 9.17) is 13.3 Å². The molecule has 0 N–H and O–H groups in total. The molecule has 0 unspecified atom stereocenters. The quantitative estimate of drug-likeness (QED) is 0.774. The summed E-state index contributed by atoms with van der Waals surface area (Å²) in [6.45, 7) is 2.39. The van der Waals surface area contributed by atoms with Gasteiger partial charge in [-0.15, -0.1) is 0 Å². The van der Waals surface area contributed by atoms with Gasteiger partial charge in [-0.25, -0.2) is 0 Å². The minimum absolute atomic E-state index is 0.506. The molecule has 0 aromatic heterocycles. The van der Waals surface area contributed by atoms with Crippen LogP contribution < -0.4 is 0 Å². The Hall–Kier alpha value is -1.20. The fourth-order valence-corrected chi connectivity index (χ4v) is 2.65. The first kappa shape index (κ1) is 13.2. The van der Waals surface area contributed by atoms with Crippen LogP contribution in [-0.2, 0) is 19.9 Å². The summed E-state index contributed by atoms with van der Waals surface area (Å²) in [4.78, 5) is 0. The predicted molar refractivity (Wildman–Crippen MR) is 74.4 cm³/mol. The van der Waals surface area contributed by atoms with Crippen LogP contribution in [0.15, 0.2) is 42.5 Å². The van der Waals surface area contributed by atoms with Crippen molar-refractivity contribution in [2.24, 2.45) is 0 Å². The largest absolute Gasteiger partial charge is 0.497 e. The van der Waals surface area contributed by atoms with Crippen LogP contribution in [-0.4, -0.2) is 23.0 Å². The molecule has 0 bridgehead atoms. The van der Waals surface area contributed by atoms with Gasteiger partial charge in [-0.05, 0) is 16.3 Å². The summed E-state index contributed by atoms with van der Waals surface area (Å²) in [5, 5.41) is 2.43. The highest BCUT2D eigenvalue weighted by molar-refractivity contribution is 6.59. The zero-order chi connectivity index (χ0) is 13.0. The van der Waals surface area contributed by atoms with E-state index in [1.165, 1.54) is 10.8 Å². The van der Waals surface area contributed by atoms with Gasteiger partial charge in [0.25, 0.3) is 0 Å². The molecular formula is C14H18O3Si. The van der Waals surface area contributed by atoms with Gasteiger partial charge in [0.2, 0.25) is 0 Å². The average Bonchev–Trinajstić information content (AvgIpc) is 2.44. The van der Waals surface area contributed by atoms with Crippen molar-refractivity contribution in [1.82, 2.24) is 0 Å².